The van der Waals surface area contributed by atoms with Crippen molar-refractivity contribution < 1.29 is 9.84 Å². The summed E-state index contributed by atoms with van der Waals surface area (Å²) < 4.78 is 6.35. The van der Waals surface area contributed by atoms with Crippen LogP contribution in [0.4, 0.5) is 0 Å². The first kappa shape index (κ1) is 13.9. The summed E-state index contributed by atoms with van der Waals surface area (Å²) >= 11 is 0. The zero-order chi connectivity index (χ0) is 14.0. The lowest BCUT2D eigenvalue weighted by Gasteiger charge is -2.18. The average Bonchev–Trinajstić information content (AvgIpc) is 3.13. The molecule has 1 heterocycles. The van der Waals surface area contributed by atoms with Gasteiger partial charge in [-0.25, -0.2) is 4.79 Å². The number of hydrogen-bond donors (Lipinski definition) is 2. The van der Waals surface area contributed by atoms with E-state index in [-0.39, 0.29) is 16.9 Å². The lowest BCUT2D eigenvalue weighted by molar-refractivity contribution is 0.164. The fourth-order valence-electron chi connectivity index (χ4n) is 2.38. The molecular formula is C13H20N2O4. The molecule has 0 spiro atoms. The van der Waals surface area contributed by atoms with Gasteiger partial charge in [0.15, 0.2) is 0 Å². The maximum absolute atomic E-state index is 11.8. The van der Waals surface area contributed by atoms with Gasteiger partial charge in [-0.1, -0.05) is 6.92 Å². The Labute approximate surface area is 111 Å². The lowest BCUT2D eigenvalue weighted by atomic mass is 10.0. The van der Waals surface area contributed by atoms with Crippen LogP contribution in [0, 0.1) is 5.41 Å². The van der Waals surface area contributed by atoms with Crippen LogP contribution in [0.5, 0.6) is 5.88 Å². The molecule has 2 N–H and O–H groups in total. The minimum absolute atomic E-state index is 0.0283. The number of nitrogens with zero attached hydrogens (tertiary/aromatic N) is 1. The second kappa shape index (κ2) is 5.21. The summed E-state index contributed by atoms with van der Waals surface area (Å²) in [6, 6.07) is 0. The highest BCUT2D eigenvalue weighted by atomic mass is 16.5. The van der Waals surface area contributed by atoms with E-state index in [2.05, 4.69) is 4.98 Å². The molecule has 1 aliphatic rings. The smallest absolute Gasteiger partial charge is 0.331 e. The van der Waals surface area contributed by atoms with Crippen molar-refractivity contribution in [2.45, 2.75) is 39.2 Å². The molecule has 0 aliphatic heterocycles. The predicted molar refractivity (Wildman–Crippen MR) is 70.5 cm³/mol. The van der Waals surface area contributed by atoms with Crippen LogP contribution in [0.2, 0.25) is 0 Å². The van der Waals surface area contributed by atoms with Crippen molar-refractivity contribution >= 4 is 0 Å². The topological polar surface area (TPSA) is 84.3 Å². The Kier molecular flexibility index (Phi) is 3.80. The van der Waals surface area contributed by atoms with E-state index in [9.17, 15) is 14.7 Å². The van der Waals surface area contributed by atoms with Gasteiger partial charge in [0.25, 0.3) is 5.56 Å². The second-order valence-corrected chi connectivity index (χ2v) is 5.24. The largest absolute Gasteiger partial charge is 0.494 e. The van der Waals surface area contributed by atoms with Gasteiger partial charge >= 0.3 is 5.69 Å². The van der Waals surface area contributed by atoms with Crippen molar-refractivity contribution in [2.75, 3.05) is 13.7 Å². The van der Waals surface area contributed by atoms with Gasteiger partial charge < -0.3 is 9.84 Å². The predicted octanol–water partition coefficient (Wildman–Crippen LogP) is 0.621. The molecule has 19 heavy (non-hydrogen) atoms. The van der Waals surface area contributed by atoms with Crippen molar-refractivity contribution in [3.8, 4) is 5.88 Å². The van der Waals surface area contributed by atoms with Crippen LogP contribution in [0.3, 0.4) is 0 Å². The number of methoxy groups -OCH3 is 1. The number of nitrogens with one attached hydrogen (secondary N) is 1. The van der Waals surface area contributed by atoms with E-state index in [1.807, 2.05) is 0 Å². The highest BCUT2D eigenvalue weighted by molar-refractivity contribution is 5.22. The first-order chi connectivity index (χ1) is 9.03. The van der Waals surface area contributed by atoms with E-state index in [0.717, 1.165) is 19.3 Å². The summed E-state index contributed by atoms with van der Waals surface area (Å²) in [6.07, 6.45) is 3.29. The molecule has 1 saturated carbocycles. The lowest BCUT2D eigenvalue weighted by Crippen LogP contribution is -2.34. The molecule has 0 atom stereocenters. The number of hydrogen-bond acceptors (Lipinski definition) is 4. The summed E-state index contributed by atoms with van der Waals surface area (Å²) in [6.45, 7) is 2.85. The number of aromatic hydroxyl groups is 1. The molecule has 0 unspecified atom stereocenters. The summed E-state index contributed by atoms with van der Waals surface area (Å²) in [5, 5.41) is 10.1. The van der Waals surface area contributed by atoms with Crippen LogP contribution in [0.25, 0.3) is 0 Å². The highest BCUT2D eigenvalue weighted by Crippen LogP contribution is 2.50. The minimum atomic E-state index is -0.539. The molecule has 0 bridgehead atoms. The van der Waals surface area contributed by atoms with Crippen molar-refractivity contribution in [3.63, 3.8) is 0 Å². The minimum Gasteiger partial charge on any atom is -0.494 e. The fraction of sp³-hybridized carbons (Fsp3) is 0.692. The molecule has 1 fully saturated rings. The number of rotatable bonds is 6. The van der Waals surface area contributed by atoms with Crippen molar-refractivity contribution in [3.05, 3.63) is 26.4 Å². The summed E-state index contributed by atoms with van der Waals surface area (Å²) in [4.78, 5) is 25.6. The van der Waals surface area contributed by atoms with Gasteiger partial charge in [-0.3, -0.25) is 14.3 Å². The molecule has 0 saturated heterocycles. The van der Waals surface area contributed by atoms with Crippen LogP contribution in [0.15, 0.2) is 9.59 Å². The average molecular weight is 268 g/mol. The third-order valence-corrected chi connectivity index (χ3v) is 3.91. The Hall–Kier alpha value is -1.56. The second-order valence-electron chi connectivity index (χ2n) is 5.24. The van der Waals surface area contributed by atoms with Crippen molar-refractivity contribution in [2.24, 2.45) is 5.41 Å². The van der Waals surface area contributed by atoms with E-state index in [1.165, 1.54) is 4.57 Å². The molecule has 0 aromatic carbocycles. The number of aromatic nitrogens is 2. The van der Waals surface area contributed by atoms with E-state index < -0.39 is 11.2 Å². The zero-order valence-electron chi connectivity index (χ0n) is 11.4. The maximum atomic E-state index is 11.8. The van der Waals surface area contributed by atoms with E-state index in [1.54, 1.807) is 14.0 Å². The van der Waals surface area contributed by atoms with Crippen LogP contribution in [0.1, 0.15) is 31.7 Å². The number of aromatic amines is 1. The Bertz CT molecular complexity index is 569. The van der Waals surface area contributed by atoms with E-state index >= 15 is 0 Å². The summed E-state index contributed by atoms with van der Waals surface area (Å²) in [5.74, 6) is -0.194. The van der Waals surface area contributed by atoms with Gasteiger partial charge in [0, 0.05) is 20.3 Å². The van der Waals surface area contributed by atoms with Gasteiger partial charge in [-0.15, -0.1) is 0 Å². The fourth-order valence-corrected chi connectivity index (χ4v) is 2.38. The van der Waals surface area contributed by atoms with Crippen LogP contribution in [-0.4, -0.2) is 28.4 Å². The van der Waals surface area contributed by atoms with E-state index in [0.29, 0.717) is 19.6 Å². The summed E-state index contributed by atoms with van der Waals surface area (Å²) in [5.41, 5.74) is -0.742. The van der Waals surface area contributed by atoms with Gasteiger partial charge in [0.05, 0.1) is 5.56 Å². The number of H-pyrrole nitrogens is 1. The van der Waals surface area contributed by atoms with Gasteiger partial charge in [-0.05, 0) is 31.1 Å². The molecule has 6 heteroatoms. The Morgan fingerprint density at radius 1 is 1.42 bits per heavy atom. The SMILES string of the molecule is CCc1c(O)n(CC2(CCOC)CC2)c(=O)[nH]c1=O. The molecule has 1 aromatic heterocycles. The third kappa shape index (κ3) is 2.73. The number of ether oxygens (including phenoxy) is 1. The molecule has 2 rings (SSSR count). The van der Waals surface area contributed by atoms with Gasteiger partial charge in [-0.2, -0.15) is 0 Å². The Balaban J connectivity index is 2.31. The quantitative estimate of drug-likeness (QED) is 0.792. The maximum Gasteiger partial charge on any atom is 0.331 e. The Morgan fingerprint density at radius 3 is 2.63 bits per heavy atom. The standard InChI is InChI=1S/C13H20N2O4/c1-3-9-10(16)14-12(18)15(11(9)17)8-13(4-5-13)6-7-19-2/h17H,3-8H2,1-2H3,(H,14,16,18). The van der Waals surface area contributed by atoms with Gasteiger partial charge in [0.1, 0.15) is 0 Å². The van der Waals surface area contributed by atoms with Crippen molar-refractivity contribution in [1.29, 1.82) is 0 Å². The molecule has 0 radical (unpaired) electrons. The van der Waals surface area contributed by atoms with Crippen LogP contribution in [-0.2, 0) is 17.7 Å². The molecule has 106 valence electrons. The molecule has 1 aromatic rings. The molecule has 1 aliphatic carbocycles. The normalized spacial score (nSPS) is 16.5. The van der Waals surface area contributed by atoms with Crippen molar-refractivity contribution in [1.82, 2.24) is 9.55 Å². The van der Waals surface area contributed by atoms with E-state index in [4.69, 9.17) is 4.74 Å². The monoisotopic (exact) mass is 268 g/mol. The van der Waals surface area contributed by atoms with Crippen LogP contribution >= 0.6 is 0 Å². The zero-order valence-corrected chi connectivity index (χ0v) is 11.4. The third-order valence-electron chi connectivity index (χ3n) is 3.91. The van der Waals surface area contributed by atoms with Crippen LogP contribution < -0.4 is 11.2 Å². The summed E-state index contributed by atoms with van der Waals surface area (Å²) in [7, 11) is 1.65. The van der Waals surface area contributed by atoms with Gasteiger partial charge in [0.2, 0.25) is 5.88 Å². The molecule has 0 amide bonds. The first-order valence-electron chi connectivity index (χ1n) is 6.57. The first-order valence-corrected chi connectivity index (χ1v) is 6.57. The Morgan fingerprint density at radius 2 is 2.11 bits per heavy atom. The highest BCUT2D eigenvalue weighted by Gasteiger charge is 2.43. The molecular weight excluding hydrogens is 248 g/mol. The molecule has 6 nitrogen and oxygen atoms in total.